The number of aromatic nitrogens is 2. The van der Waals surface area contributed by atoms with Gasteiger partial charge in [-0.15, -0.1) is 0 Å². The highest BCUT2D eigenvalue weighted by Gasteiger charge is 2.53. The zero-order chi connectivity index (χ0) is 24.0. The molecule has 4 N–H and O–H groups in total. The van der Waals surface area contributed by atoms with Crippen molar-refractivity contribution in [2.45, 2.75) is 70.1 Å². The van der Waals surface area contributed by atoms with E-state index < -0.39 is 6.04 Å². The number of aliphatic hydroxyl groups excluding tert-OH is 1. The number of carbonyl (C=O) groups excluding carboxylic acids is 1. The van der Waals surface area contributed by atoms with Gasteiger partial charge in [0.2, 0.25) is 5.91 Å². The average molecular weight is 476 g/mol. The van der Waals surface area contributed by atoms with E-state index in [1.165, 1.54) is 38.5 Å². The van der Waals surface area contributed by atoms with E-state index in [0.717, 1.165) is 40.4 Å². The zero-order valence-electron chi connectivity index (χ0n) is 20.4. The molecule has 4 fully saturated rings. The number of aliphatic hydroxyl groups is 1. The Balaban J connectivity index is 1.09. The van der Waals surface area contributed by atoms with Gasteiger partial charge in [0.1, 0.15) is 12.1 Å². The summed E-state index contributed by atoms with van der Waals surface area (Å²) in [5.74, 6) is 3.22. The molecule has 4 saturated carbocycles. The molecule has 1 unspecified atom stereocenters. The lowest BCUT2D eigenvalue weighted by molar-refractivity contribution is -0.133. The second-order valence-corrected chi connectivity index (χ2v) is 11.6. The van der Waals surface area contributed by atoms with Gasteiger partial charge in [0.05, 0.1) is 24.4 Å². The van der Waals surface area contributed by atoms with E-state index in [4.69, 9.17) is 5.73 Å². The van der Waals surface area contributed by atoms with Crippen molar-refractivity contribution in [1.29, 1.82) is 0 Å². The van der Waals surface area contributed by atoms with Gasteiger partial charge in [0, 0.05) is 18.7 Å². The van der Waals surface area contributed by atoms with Crippen LogP contribution in [0.2, 0.25) is 0 Å². The second-order valence-electron chi connectivity index (χ2n) is 11.6. The van der Waals surface area contributed by atoms with Crippen LogP contribution in [0.4, 0.5) is 5.82 Å². The third-order valence-electron chi connectivity index (χ3n) is 9.19. The molecule has 186 valence electrons. The number of nitrogens with two attached hydrogens (primary N) is 1. The Morgan fingerprint density at radius 1 is 1.11 bits per heavy atom. The summed E-state index contributed by atoms with van der Waals surface area (Å²) in [6.07, 6.45) is 10.1. The monoisotopic (exact) mass is 475 g/mol. The summed E-state index contributed by atoms with van der Waals surface area (Å²) in [6.45, 7) is 1.58. The average Bonchev–Trinajstić information content (AvgIpc) is 2.86. The van der Waals surface area contributed by atoms with Crippen LogP contribution >= 0.6 is 0 Å². The number of benzene rings is 1. The molecule has 35 heavy (non-hydrogen) atoms. The molecule has 2 atom stereocenters. The zero-order valence-corrected chi connectivity index (χ0v) is 20.4. The molecule has 1 amide bonds. The van der Waals surface area contributed by atoms with E-state index >= 15 is 0 Å². The van der Waals surface area contributed by atoms with Crippen molar-refractivity contribution in [3.8, 4) is 0 Å². The Bertz CT molecular complexity index is 1040. The lowest BCUT2D eigenvalue weighted by Crippen LogP contribution is -2.53. The fraction of sp³-hybridized carbons (Fsp3) is 0.607. The van der Waals surface area contributed by atoms with Crippen molar-refractivity contribution in [3.05, 3.63) is 53.5 Å². The van der Waals surface area contributed by atoms with E-state index in [-0.39, 0.29) is 17.4 Å². The van der Waals surface area contributed by atoms with Crippen molar-refractivity contribution in [2.24, 2.45) is 28.9 Å². The van der Waals surface area contributed by atoms with Crippen LogP contribution in [0.3, 0.4) is 0 Å². The molecule has 1 aliphatic heterocycles. The molecular weight excluding hydrogens is 438 g/mol. The Hall–Kier alpha value is -2.51. The molecule has 2 heterocycles. The molecule has 7 nitrogen and oxygen atoms in total. The molecule has 1 aromatic heterocycles. The van der Waals surface area contributed by atoms with Crippen LogP contribution in [0.15, 0.2) is 36.7 Å². The van der Waals surface area contributed by atoms with E-state index in [2.05, 4.69) is 15.3 Å². The third-order valence-corrected chi connectivity index (χ3v) is 9.19. The lowest BCUT2D eigenvalue weighted by Gasteiger charge is -2.58. The Morgan fingerprint density at radius 2 is 1.80 bits per heavy atom. The van der Waals surface area contributed by atoms with Crippen molar-refractivity contribution in [2.75, 3.05) is 18.4 Å². The quantitative estimate of drug-likeness (QED) is 0.569. The molecular formula is C28H37N5O2. The Kier molecular flexibility index (Phi) is 6.01. The molecule has 7 rings (SSSR count). The summed E-state index contributed by atoms with van der Waals surface area (Å²) < 4.78 is 0. The molecule has 2 aromatic rings. The largest absolute Gasteiger partial charge is 0.391 e. The van der Waals surface area contributed by atoms with Crippen LogP contribution in [-0.2, 0) is 24.2 Å². The first-order valence-corrected chi connectivity index (χ1v) is 13.3. The topological polar surface area (TPSA) is 104 Å². The van der Waals surface area contributed by atoms with Gasteiger partial charge in [-0.1, -0.05) is 30.3 Å². The van der Waals surface area contributed by atoms with E-state index in [0.29, 0.717) is 32.5 Å². The number of hydrogen-bond donors (Lipinski definition) is 3. The first-order chi connectivity index (χ1) is 17.0. The van der Waals surface area contributed by atoms with Crippen molar-refractivity contribution >= 4 is 11.7 Å². The number of fused-ring (bicyclic) bond motifs is 1. The first kappa shape index (κ1) is 22.9. The Labute approximate surface area is 207 Å². The predicted octanol–water partition coefficient (Wildman–Crippen LogP) is 2.92. The summed E-state index contributed by atoms with van der Waals surface area (Å²) in [6, 6.07) is 9.34. The van der Waals surface area contributed by atoms with Crippen LogP contribution in [0.5, 0.6) is 0 Å². The molecule has 4 bridgehead atoms. The van der Waals surface area contributed by atoms with Crippen molar-refractivity contribution in [3.63, 3.8) is 0 Å². The highest BCUT2D eigenvalue weighted by atomic mass is 16.3. The van der Waals surface area contributed by atoms with E-state index in [1.807, 2.05) is 35.2 Å². The van der Waals surface area contributed by atoms with Gasteiger partial charge in [-0.25, -0.2) is 9.97 Å². The van der Waals surface area contributed by atoms with Crippen molar-refractivity contribution in [1.82, 2.24) is 14.9 Å². The number of rotatable bonds is 7. The summed E-state index contributed by atoms with van der Waals surface area (Å²) in [4.78, 5) is 23.8. The summed E-state index contributed by atoms with van der Waals surface area (Å²) in [5.41, 5.74) is 9.36. The SMILES string of the molecule is NC(Cc1ccccc1)C(=O)N1CCc2c(ncnc2NC[C@H](O)C23CC4CC(CC(C4)C2)C3)C1. The minimum absolute atomic E-state index is 0.0372. The third kappa shape index (κ3) is 4.45. The van der Waals surface area contributed by atoms with Crippen molar-refractivity contribution < 1.29 is 9.90 Å². The van der Waals surface area contributed by atoms with Gasteiger partial charge < -0.3 is 21.1 Å². The number of hydrogen-bond acceptors (Lipinski definition) is 6. The fourth-order valence-corrected chi connectivity index (χ4v) is 7.88. The second kappa shape index (κ2) is 9.17. The van der Waals surface area contributed by atoms with Gasteiger partial charge >= 0.3 is 0 Å². The summed E-state index contributed by atoms with van der Waals surface area (Å²) in [5, 5.41) is 14.8. The van der Waals surface area contributed by atoms with Gasteiger partial charge in [-0.05, 0) is 80.1 Å². The van der Waals surface area contributed by atoms with Crippen LogP contribution in [0, 0.1) is 23.2 Å². The lowest BCUT2D eigenvalue weighted by atomic mass is 9.48. The molecule has 1 aromatic carbocycles. The fourth-order valence-electron chi connectivity index (χ4n) is 7.88. The Morgan fingerprint density at radius 3 is 2.49 bits per heavy atom. The van der Waals surface area contributed by atoms with Gasteiger partial charge in [0.15, 0.2) is 0 Å². The smallest absolute Gasteiger partial charge is 0.240 e. The molecule has 0 saturated heterocycles. The predicted molar refractivity (Wildman–Crippen MR) is 134 cm³/mol. The number of anilines is 1. The van der Waals surface area contributed by atoms with Gasteiger partial charge in [-0.3, -0.25) is 4.79 Å². The van der Waals surface area contributed by atoms with Gasteiger partial charge in [-0.2, -0.15) is 0 Å². The molecule has 4 aliphatic carbocycles. The summed E-state index contributed by atoms with van der Waals surface area (Å²) >= 11 is 0. The highest BCUT2D eigenvalue weighted by Crippen LogP contribution is 2.61. The maximum atomic E-state index is 13.0. The number of nitrogens with zero attached hydrogens (tertiary/aromatic N) is 3. The first-order valence-electron chi connectivity index (χ1n) is 13.3. The van der Waals surface area contributed by atoms with Crippen LogP contribution in [0.1, 0.15) is 55.3 Å². The highest BCUT2D eigenvalue weighted by molar-refractivity contribution is 5.82. The minimum atomic E-state index is -0.561. The molecule has 0 radical (unpaired) electrons. The minimum Gasteiger partial charge on any atom is -0.391 e. The van der Waals surface area contributed by atoms with E-state index in [9.17, 15) is 9.90 Å². The van der Waals surface area contributed by atoms with Gasteiger partial charge in [0.25, 0.3) is 0 Å². The van der Waals surface area contributed by atoms with Crippen LogP contribution in [0.25, 0.3) is 0 Å². The normalized spacial score (nSPS) is 30.6. The molecule has 0 spiro atoms. The molecule has 7 heteroatoms. The maximum absolute atomic E-state index is 13.0. The summed E-state index contributed by atoms with van der Waals surface area (Å²) in [7, 11) is 0. The standard InChI is InChI=1S/C28H37N5O2/c29-23(11-18-4-2-1-3-5-18)27(35)33-7-6-22-24(16-33)31-17-32-26(22)30-15-25(34)28-12-19-8-20(13-28)10-21(9-19)14-28/h1-5,17,19-21,23,25,34H,6-16,29H2,(H,30,31,32)/t19?,20?,21?,23?,25-,28?/m0/s1. The number of nitrogens with one attached hydrogen (secondary N) is 1. The number of amides is 1. The molecule has 5 aliphatic rings. The van der Waals surface area contributed by atoms with E-state index in [1.54, 1.807) is 6.33 Å². The number of carbonyl (C=O) groups is 1. The van der Waals surface area contributed by atoms with Crippen LogP contribution in [-0.4, -0.2) is 51.1 Å². The van der Waals surface area contributed by atoms with Crippen LogP contribution < -0.4 is 11.1 Å². The maximum Gasteiger partial charge on any atom is 0.240 e.